The SMILES string of the molecule is COc1ccc(NC(=O)CNS(=O)(=O)c2c(C)cc(C)cc2C)cc1OC. The third kappa shape index (κ3) is 4.99. The quantitative estimate of drug-likeness (QED) is 0.755. The normalized spacial score (nSPS) is 11.1. The minimum absolute atomic E-state index is 0.201. The second kappa shape index (κ2) is 8.41. The Bertz CT molecular complexity index is 932. The van der Waals surface area contributed by atoms with Crippen molar-refractivity contribution in [1.29, 1.82) is 0 Å². The summed E-state index contributed by atoms with van der Waals surface area (Å²) in [6.07, 6.45) is 0. The van der Waals surface area contributed by atoms with Gasteiger partial charge in [0.2, 0.25) is 15.9 Å². The molecular formula is C19H24N2O5S. The zero-order valence-corrected chi connectivity index (χ0v) is 16.9. The average molecular weight is 392 g/mol. The number of hydrogen-bond donors (Lipinski definition) is 2. The first-order valence-electron chi connectivity index (χ1n) is 8.27. The molecule has 2 rings (SSSR count). The van der Waals surface area contributed by atoms with Crippen LogP contribution in [-0.2, 0) is 14.8 Å². The second-order valence-corrected chi connectivity index (χ2v) is 7.87. The zero-order valence-electron chi connectivity index (χ0n) is 16.0. The maximum absolute atomic E-state index is 12.6. The first kappa shape index (κ1) is 20.7. The van der Waals surface area contributed by atoms with E-state index in [0.717, 1.165) is 5.56 Å². The molecule has 7 nitrogen and oxygen atoms in total. The Morgan fingerprint density at radius 1 is 0.963 bits per heavy atom. The van der Waals surface area contributed by atoms with E-state index < -0.39 is 15.9 Å². The summed E-state index contributed by atoms with van der Waals surface area (Å²) >= 11 is 0. The second-order valence-electron chi connectivity index (χ2n) is 6.17. The summed E-state index contributed by atoms with van der Waals surface area (Å²) in [6.45, 7) is 4.99. The van der Waals surface area contributed by atoms with E-state index in [9.17, 15) is 13.2 Å². The molecule has 0 atom stereocenters. The largest absolute Gasteiger partial charge is 0.493 e. The fourth-order valence-corrected chi connectivity index (χ4v) is 4.37. The van der Waals surface area contributed by atoms with Crippen LogP contribution >= 0.6 is 0 Å². The third-order valence-electron chi connectivity index (χ3n) is 3.96. The van der Waals surface area contributed by atoms with Crippen LogP contribution in [0.2, 0.25) is 0 Å². The molecule has 0 fully saturated rings. The van der Waals surface area contributed by atoms with Gasteiger partial charge in [0, 0.05) is 11.8 Å². The number of nitrogens with one attached hydrogen (secondary N) is 2. The van der Waals surface area contributed by atoms with E-state index in [-0.39, 0.29) is 11.4 Å². The summed E-state index contributed by atoms with van der Waals surface area (Å²) in [6, 6.07) is 8.48. The van der Waals surface area contributed by atoms with Gasteiger partial charge in [-0.2, -0.15) is 0 Å². The van der Waals surface area contributed by atoms with Gasteiger partial charge in [0.1, 0.15) is 0 Å². The molecule has 8 heteroatoms. The van der Waals surface area contributed by atoms with Crippen molar-refractivity contribution in [2.45, 2.75) is 25.7 Å². The number of anilines is 1. The Morgan fingerprint density at radius 2 is 1.56 bits per heavy atom. The van der Waals surface area contributed by atoms with Gasteiger partial charge in [0.15, 0.2) is 11.5 Å². The van der Waals surface area contributed by atoms with E-state index in [1.54, 1.807) is 44.2 Å². The highest BCUT2D eigenvalue weighted by atomic mass is 32.2. The average Bonchev–Trinajstić information content (AvgIpc) is 2.58. The molecule has 1 amide bonds. The molecule has 0 radical (unpaired) electrons. The molecule has 0 aromatic heterocycles. The van der Waals surface area contributed by atoms with Crippen LogP contribution in [0.25, 0.3) is 0 Å². The number of amides is 1. The number of methoxy groups -OCH3 is 2. The molecule has 146 valence electrons. The number of rotatable bonds is 7. The van der Waals surface area contributed by atoms with Gasteiger partial charge in [-0.3, -0.25) is 4.79 Å². The monoisotopic (exact) mass is 392 g/mol. The highest BCUT2D eigenvalue weighted by Crippen LogP contribution is 2.29. The van der Waals surface area contributed by atoms with Crippen LogP contribution in [0.5, 0.6) is 11.5 Å². The first-order chi connectivity index (χ1) is 12.7. The molecular weight excluding hydrogens is 368 g/mol. The van der Waals surface area contributed by atoms with Gasteiger partial charge in [-0.05, 0) is 44.0 Å². The van der Waals surface area contributed by atoms with Crippen LogP contribution < -0.4 is 19.5 Å². The Balaban J connectivity index is 2.09. The fraction of sp³-hybridized carbons (Fsp3) is 0.316. The van der Waals surface area contributed by atoms with Crippen molar-refractivity contribution in [2.24, 2.45) is 0 Å². The highest BCUT2D eigenvalue weighted by molar-refractivity contribution is 7.89. The number of carbonyl (C=O) groups excluding carboxylic acids is 1. The predicted molar refractivity (Wildman–Crippen MR) is 104 cm³/mol. The van der Waals surface area contributed by atoms with Gasteiger partial charge in [0.05, 0.1) is 25.7 Å². The standard InChI is InChI=1S/C19H24N2O5S/c1-12-8-13(2)19(14(3)9-12)27(23,24)20-11-18(22)21-15-6-7-16(25-4)17(10-15)26-5/h6-10,20H,11H2,1-5H3,(H,21,22). The number of benzene rings is 2. The number of hydrogen-bond acceptors (Lipinski definition) is 5. The topological polar surface area (TPSA) is 93.7 Å². The molecule has 0 aliphatic rings. The van der Waals surface area contributed by atoms with Crippen LogP contribution in [0.4, 0.5) is 5.69 Å². The lowest BCUT2D eigenvalue weighted by Gasteiger charge is -2.14. The van der Waals surface area contributed by atoms with Crippen molar-refractivity contribution in [1.82, 2.24) is 4.72 Å². The molecule has 0 aliphatic heterocycles. The number of aryl methyl sites for hydroxylation is 3. The molecule has 0 spiro atoms. The molecule has 27 heavy (non-hydrogen) atoms. The van der Waals surface area contributed by atoms with Crippen molar-refractivity contribution < 1.29 is 22.7 Å². The summed E-state index contributed by atoms with van der Waals surface area (Å²) in [5, 5.41) is 2.63. The lowest BCUT2D eigenvalue weighted by Crippen LogP contribution is -2.33. The molecule has 0 bridgehead atoms. The number of carbonyl (C=O) groups is 1. The molecule has 0 aliphatic carbocycles. The predicted octanol–water partition coefficient (Wildman–Crippen LogP) is 2.55. The number of sulfonamides is 1. The molecule has 2 aromatic carbocycles. The van der Waals surface area contributed by atoms with Gasteiger partial charge in [-0.15, -0.1) is 0 Å². The first-order valence-corrected chi connectivity index (χ1v) is 9.75. The van der Waals surface area contributed by atoms with Crippen LogP contribution in [0.3, 0.4) is 0 Å². The van der Waals surface area contributed by atoms with Crippen LogP contribution in [0.1, 0.15) is 16.7 Å². The summed E-state index contributed by atoms with van der Waals surface area (Å²) in [5.74, 6) is 0.497. The van der Waals surface area contributed by atoms with E-state index in [2.05, 4.69) is 10.0 Å². The van der Waals surface area contributed by atoms with E-state index >= 15 is 0 Å². The molecule has 0 saturated carbocycles. The van der Waals surface area contributed by atoms with Gasteiger partial charge >= 0.3 is 0 Å². The van der Waals surface area contributed by atoms with E-state index in [1.165, 1.54) is 14.2 Å². The lowest BCUT2D eigenvalue weighted by molar-refractivity contribution is -0.115. The van der Waals surface area contributed by atoms with Crippen molar-refractivity contribution in [2.75, 3.05) is 26.1 Å². The maximum Gasteiger partial charge on any atom is 0.241 e. The molecule has 2 N–H and O–H groups in total. The molecule has 0 heterocycles. The van der Waals surface area contributed by atoms with E-state index in [1.807, 2.05) is 6.92 Å². The minimum atomic E-state index is -3.80. The van der Waals surface area contributed by atoms with Crippen LogP contribution in [-0.4, -0.2) is 35.1 Å². The lowest BCUT2D eigenvalue weighted by atomic mass is 10.1. The van der Waals surface area contributed by atoms with Gasteiger partial charge in [0.25, 0.3) is 0 Å². The van der Waals surface area contributed by atoms with E-state index in [0.29, 0.717) is 28.3 Å². The zero-order chi connectivity index (χ0) is 20.2. The van der Waals surface area contributed by atoms with Crippen LogP contribution in [0, 0.1) is 20.8 Å². The van der Waals surface area contributed by atoms with Gasteiger partial charge in [-0.1, -0.05) is 17.7 Å². The minimum Gasteiger partial charge on any atom is -0.493 e. The van der Waals surface area contributed by atoms with Crippen molar-refractivity contribution in [3.05, 3.63) is 47.0 Å². The van der Waals surface area contributed by atoms with Crippen molar-refractivity contribution in [3.63, 3.8) is 0 Å². The Labute approximate surface area is 159 Å². The van der Waals surface area contributed by atoms with Crippen molar-refractivity contribution >= 4 is 21.6 Å². The van der Waals surface area contributed by atoms with Gasteiger partial charge in [-0.25, -0.2) is 13.1 Å². The highest BCUT2D eigenvalue weighted by Gasteiger charge is 2.20. The fourth-order valence-electron chi connectivity index (χ4n) is 2.94. The summed E-state index contributed by atoms with van der Waals surface area (Å²) in [5.41, 5.74) is 2.73. The Kier molecular flexibility index (Phi) is 6.45. The molecule has 2 aromatic rings. The molecule has 0 unspecified atom stereocenters. The maximum atomic E-state index is 12.6. The van der Waals surface area contributed by atoms with Crippen LogP contribution in [0.15, 0.2) is 35.2 Å². The smallest absolute Gasteiger partial charge is 0.241 e. The summed E-state index contributed by atoms with van der Waals surface area (Å²) in [7, 11) is -0.801. The Morgan fingerprint density at radius 3 is 2.11 bits per heavy atom. The van der Waals surface area contributed by atoms with Gasteiger partial charge < -0.3 is 14.8 Å². The number of ether oxygens (including phenoxy) is 2. The third-order valence-corrected chi connectivity index (χ3v) is 5.67. The summed E-state index contributed by atoms with van der Waals surface area (Å²) in [4.78, 5) is 12.4. The van der Waals surface area contributed by atoms with Crippen molar-refractivity contribution in [3.8, 4) is 11.5 Å². The Hall–Kier alpha value is -2.58. The molecule has 0 saturated heterocycles. The summed E-state index contributed by atoms with van der Waals surface area (Å²) < 4.78 is 37.9. The van der Waals surface area contributed by atoms with E-state index in [4.69, 9.17) is 9.47 Å².